The second-order valence-corrected chi connectivity index (χ2v) is 8.80. The maximum Gasteiger partial charge on any atom is 0.288 e. The number of thioether (sulfide) groups is 1. The number of fused-ring (bicyclic) bond motifs is 1. The fraction of sp³-hybridized carbons (Fsp3) is 0.0588. The SMILES string of the molecule is O=c1nc(SCc2cn(-c3ccccc3Cl)nn2)sc2c([N+](=O)[O-])cc(Cl)cc12. The zero-order valence-electron chi connectivity index (χ0n) is 14.3. The fourth-order valence-corrected chi connectivity index (χ4v) is 5.00. The summed E-state index contributed by atoms with van der Waals surface area (Å²) in [7, 11) is 0. The molecule has 0 unspecified atom stereocenters. The highest BCUT2D eigenvalue weighted by molar-refractivity contribution is 8.00. The normalized spacial score (nSPS) is 11.1. The minimum atomic E-state index is -0.563. The Bertz CT molecular complexity index is 1310. The number of benzene rings is 2. The predicted octanol–water partition coefficient (Wildman–Crippen LogP) is 4.74. The maximum atomic E-state index is 12.3. The van der Waals surface area contributed by atoms with Crippen LogP contribution in [0.15, 0.2) is 51.7 Å². The average molecular weight is 466 g/mol. The molecule has 4 rings (SSSR count). The summed E-state index contributed by atoms with van der Waals surface area (Å²) >= 11 is 14.4. The van der Waals surface area contributed by atoms with Crippen molar-refractivity contribution in [1.82, 2.24) is 20.0 Å². The highest BCUT2D eigenvalue weighted by Crippen LogP contribution is 2.35. The van der Waals surface area contributed by atoms with Crippen LogP contribution in [-0.4, -0.2) is 24.9 Å². The fourth-order valence-electron chi connectivity index (χ4n) is 2.55. The second-order valence-electron chi connectivity index (χ2n) is 5.74. The molecule has 146 valence electrons. The van der Waals surface area contributed by atoms with Gasteiger partial charge in [0.2, 0.25) is 0 Å². The Labute approximate surface area is 181 Å². The topological polar surface area (TPSA) is 104 Å². The van der Waals surface area contributed by atoms with E-state index in [2.05, 4.69) is 15.3 Å². The molecule has 0 aliphatic carbocycles. The van der Waals surface area contributed by atoms with Gasteiger partial charge in [0.1, 0.15) is 4.70 Å². The lowest BCUT2D eigenvalue weighted by molar-refractivity contribution is -0.382. The van der Waals surface area contributed by atoms with Crippen LogP contribution in [0.25, 0.3) is 15.8 Å². The first kappa shape index (κ1) is 19.8. The van der Waals surface area contributed by atoms with E-state index in [1.807, 2.05) is 18.2 Å². The molecule has 12 heteroatoms. The van der Waals surface area contributed by atoms with Gasteiger partial charge in [-0.25, -0.2) is 4.68 Å². The number of nitro groups is 1. The van der Waals surface area contributed by atoms with Crippen LogP contribution in [0, 0.1) is 10.1 Å². The third-order valence-corrected chi connectivity index (χ3v) is 6.65. The van der Waals surface area contributed by atoms with E-state index in [0.717, 1.165) is 11.3 Å². The number of hydrogen-bond acceptors (Lipinski definition) is 8. The number of non-ortho nitro benzene ring substituents is 1. The summed E-state index contributed by atoms with van der Waals surface area (Å²) in [5.41, 5.74) is 0.552. The van der Waals surface area contributed by atoms with E-state index < -0.39 is 10.5 Å². The molecule has 29 heavy (non-hydrogen) atoms. The van der Waals surface area contributed by atoms with Gasteiger partial charge in [-0.1, -0.05) is 52.3 Å². The maximum absolute atomic E-state index is 12.3. The van der Waals surface area contributed by atoms with Gasteiger partial charge in [0.15, 0.2) is 4.34 Å². The van der Waals surface area contributed by atoms with E-state index in [0.29, 0.717) is 26.5 Å². The summed E-state index contributed by atoms with van der Waals surface area (Å²) < 4.78 is 2.18. The molecule has 0 spiro atoms. The summed E-state index contributed by atoms with van der Waals surface area (Å²) in [6, 6.07) is 9.84. The van der Waals surface area contributed by atoms with Gasteiger partial charge in [0.05, 0.1) is 32.9 Å². The molecule has 0 saturated carbocycles. The van der Waals surface area contributed by atoms with Gasteiger partial charge in [0.25, 0.3) is 11.2 Å². The monoisotopic (exact) mass is 465 g/mol. The van der Waals surface area contributed by atoms with Gasteiger partial charge >= 0.3 is 0 Å². The van der Waals surface area contributed by atoms with Gasteiger partial charge in [-0.15, -0.1) is 16.4 Å². The minimum Gasteiger partial charge on any atom is -0.267 e. The molecule has 0 fully saturated rings. The second kappa shape index (κ2) is 8.07. The van der Waals surface area contributed by atoms with Gasteiger partial charge in [-0.05, 0) is 18.2 Å². The number of rotatable bonds is 5. The van der Waals surface area contributed by atoms with E-state index in [1.54, 1.807) is 16.9 Å². The molecule has 0 aliphatic rings. The van der Waals surface area contributed by atoms with Crippen LogP contribution in [-0.2, 0) is 5.75 Å². The van der Waals surface area contributed by atoms with Crippen LogP contribution >= 0.6 is 46.3 Å². The highest BCUT2D eigenvalue weighted by Gasteiger charge is 2.18. The molecule has 2 aromatic carbocycles. The molecule has 8 nitrogen and oxygen atoms in total. The van der Waals surface area contributed by atoms with Gasteiger partial charge in [-0.3, -0.25) is 14.9 Å². The third-order valence-electron chi connectivity index (χ3n) is 3.83. The van der Waals surface area contributed by atoms with Crippen LogP contribution in [0.2, 0.25) is 10.0 Å². The lowest BCUT2D eigenvalue weighted by atomic mass is 10.2. The lowest BCUT2D eigenvalue weighted by Crippen LogP contribution is -2.06. The van der Waals surface area contributed by atoms with Gasteiger partial charge in [0, 0.05) is 16.8 Å². The van der Waals surface area contributed by atoms with E-state index in [-0.39, 0.29) is 20.8 Å². The van der Waals surface area contributed by atoms with Crippen LogP contribution in [0.5, 0.6) is 0 Å². The van der Waals surface area contributed by atoms with E-state index in [4.69, 9.17) is 23.2 Å². The molecule has 0 amide bonds. The summed E-state index contributed by atoms with van der Waals surface area (Å²) in [5.74, 6) is 0.375. The van der Waals surface area contributed by atoms with Crippen molar-refractivity contribution in [3.8, 4) is 5.69 Å². The van der Waals surface area contributed by atoms with Crippen molar-refractivity contribution in [3.05, 3.63) is 78.8 Å². The Morgan fingerprint density at radius 3 is 2.79 bits per heavy atom. The van der Waals surface area contributed by atoms with Crippen molar-refractivity contribution in [3.63, 3.8) is 0 Å². The van der Waals surface area contributed by atoms with Crippen molar-refractivity contribution >= 4 is 62.1 Å². The van der Waals surface area contributed by atoms with Crippen LogP contribution in [0.3, 0.4) is 0 Å². The molecule has 0 N–H and O–H groups in total. The molecule has 2 heterocycles. The number of nitro benzene ring substituents is 1. The zero-order chi connectivity index (χ0) is 20.5. The van der Waals surface area contributed by atoms with E-state index in [1.165, 1.54) is 23.9 Å². The van der Waals surface area contributed by atoms with Crippen molar-refractivity contribution in [1.29, 1.82) is 0 Å². The van der Waals surface area contributed by atoms with Crippen LogP contribution in [0.4, 0.5) is 5.69 Å². The number of halogens is 2. The Hall–Kier alpha value is -2.53. The van der Waals surface area contributed by atoms with Crippen molar-refractivity contribution in [2.24, 2.45) is 0 Å². The largest absolute Gasteiger partial charge is 0.288 e. The van der Waals surface area contributed by atoms with Crippen molar-refractivity contribution in [2.75, 3.05) is 0 Å². The van der Waals surface area contributed by atoms with Gasteiger partial charge in [-0.2, -0.15) is 4.98 Å². The first-order valence-electron chi connectivity index (χ1n) is 8.00. The Morgan fingerprint density at radius 1 is 1.24 bits per heavy atom. The predicted molar refractivity (Wildman–Crippen MR) is 113 cm³/mol. The Kier molecular flexibility index (Phi) is 5.50. The summed E-state index contributed by atoms with van der Waals surface area (Å²) in [4.78, 5) is 27.1. The van der Waals surface area contributed by atoms with E-state index >= 15 is 0 Å². The number of hydrogen-bond donors (Lipinski definition) is 0. The Morgan fingerprint density at radius 2 is 2.03 bits per heavy atom. The first-order chi connectivity index (χ1) is 13.9. The first-order valence-corrected chi connectivity index (χ1v) is 10.6. The Balaban J connectivity index is 1.62. The van der Waals surface area contributed by atoms with E-state index in [9.17, 15) is 14.9 Å². The quantitative estimate of drug-likeness (QED) is 0.238. The summed E-state index contributed by atoms with van der Waals surface area (Å²) in [5, 5.41) is 20.3. The lowest BCUT2D eigenvalue weighted by Gasteiger charge is -2.02. The molecular weight excluding hydrogens is 457 g/mol. The molecular formula is C17H9Cl2N5O3S2. The third kappa shape index (κ3) is 4.10. The number of nitrogens with zero attached hydrogens (tertiary/aromatic N) is 5. The summed E-state index contributed by atoms with van der Waals surface area (Å²) in [6.45, 7) is 0. The minimum absolute atomic E-state index is 0.117. The van der Waals surface area contributed by atoms with Crippen LogP contribution in [0.1, 0.15) is 5.69 Å². The molecule has 0 saturated heterocycles. The number of aromatic nitrogens is 4. The van der Waals surface area contributed by atoms with Crippen LogP contribution < -0.4 is 5.56 Å². The average Bonchev–Trinajstić information content (AvgIpc) is 3.15. The highest BCUT2D eigenvalue weighted by atomic mass is 35.5. The molecule has 4 aromatic rings. The van der Waals surface area contributed by atoms with Crippen molar-refractivity contribution in [2.45, 2.75) is 10.1 Å². The van der Waals surface area contributed by atoms with Crippen molar-refractivity contribution < 1.29 is 4.92 Å². The summed E-state index contributed by atoms with van der Waals surface area (Å²) in [6.07, 6.45) is 1.72. The zero-order valence-corrected chi connectivity index (χ0v) is 17.4. The number of para-hydroxylation sites is 1. The molecule has 0 radical (unpaired) electrons. The molecule has 0 bridgehead atoms. The standard InChI is InChI=1S/C17H9Cl2N5O3S2/c18-9-5-11-15(14(6-9)24(26)27)29-17(20-16(11)25)28-8-10-7-23(22-21-10)13-4-2-1-3-12(13)19/h1-7H,8H2. The van der Waals surface area contributed by atoms with Gasteiger partial charge < -0.3 is 0 Å². The molecule has 0 aliphatic heterocycles. The molecule has 2 aromatic heterocycles. The smallest absolute Gasteiger partial charge is 0.267 e. The molecule has 0 atom stereocenters.